The molecule has 0 saturated carbocycles. The normalized spacial score (nSPS) is 16.7. The molecule has 2 heterocycles. The summed E-state index contributed by atoms with van der Waals surface area (Å²) in [5.74, 6) is 0.667. The molecule has 148 valence electrons. The largest absolute Gasteiger partial charge is 0.494 e. The summed E-state index contributed by atoms with van der Waals surface area (Å²) in [6.07, 6.45) is 6.17. The summed E-state index contributed by atoms with van der Waals surface area (Å²) in [7, 11) is 3.00. The van der Waals surface area contributed by atoms with Crippen molar-refractivity contribution < 1.29 is 9.53 Å². The number of hydrogen-bond acceptors (Lipinski definition) is 4. The molecule has 1 atom stereocenters. The van der Waals surface area contributed by atoms with Gasteiger partial charge in [-0.05, 0) is 43.5 Å². The van der Waals surface area contributed by atoms with Gasteiger partial charge in [0.2, 0.25) is 5.91 Å². The second-order valence-corrected chi connectivity index (χ2v) is 6.87. The van der Waals surface area contributed by atoms with Crippen molar-refractivity contribution in [1.29, 1.82) is 0 Å². The average Bonchev–Trinajstić information content (AvgIpc) is 3.18. The van der Waals surface area contributed by atoms with Crippen LogP contribution in [-0.2, 0) is 18.9 Å². The summed E-state index contributed by atoms with van der Waals surface area (Å²) in [5, 5.41) is 0. The molecule has 1 unspecified atom stereocenters. The summed E-state index contributed by atoms with van der Waals surface area (Å²) in [4.78, 5) is 38.6. The van der Waals surface area contributed by atoms with E-state index in [1.54, 1.807) is 7.05 Å². The summed E-state index contributed by atoms with van der Waals surface area (Å²) in [6, 6.07) is 7.84. The number of carbonyl (C=O) groups excluding carboxylic acids is 1. The van der Waals surface area contributed by atoms with Crippen molar-refractivity contribution in [3.8, 4) is 5.75 Å². The molecule has 3 rings (SSSR count). The molecule has 0 N–H and O–H groups in total. The highest BCUT2D eigenvalue weighted by atomic mass is 16.5. The van der Waals surface area contributed by atoms with E-state index >= 15 is 0 Å². The smallest absolute Gasteiger partial charge is 0.330 e. The van der Waals surface area contributed by atoms with Gasteiger partial charge >= 0.3 is 5.69 Å². The first-order valence-electron chi connectivity index (χ1n) is 9.40. The van der Waals surface area contributed by atoms with Crippen LogP contribution in [0, 0.1) is 0 Å². The highest BCUT2D eigenvalue weighted by Crippen LogP contribution is 2.33. The van der Waals surface area contributed by atoms with Crippen LogP contribution in [0.15, 0.2) is 46.1 Å². The maximum Gasteiger partial charge on any atom is 0.330 e. The second-order valence-electron chi connectivity index (χ2n) is 6.87. The van der Waals surface area contributed by atoms with E-state index in [-0.39, 0.29) is 11.9 Å². The van der Waals surface area contributed by atoms with Gasteiger partial charge in [-0.3, -0.25) is 14.2 Å². The topological polar surface area (TPSA) is 73.5 Å². The quantitative estimate of drug-likeness (QED) is 0.739. The molecule has 0 aliphatic carbocycles. The number of benzene rings is 1. The highest BCUT2D eigenvalue weighted by Gasteiger charge is 2.28. The Morgan fingerprint density at radius 1 is 1.21 bits per heavy atom. The van der Waals surface area contributed by atoms with E-state index in [9.17, 15) is 14.4 Å². The lowest BCUT2D eigenvalue weighted by Gasteiger charge is -2.24. The second kappa shape index (κ2) is 8.29. The minimum absolute atomic E-state index is 0.00999. The Morgan fingerprint density at radius 3 is 2.61 bits per heavy atom. The van der Waals surface area contributed by atoms with Crippen LogP contribution in [0.3, 0.4) is 0 Å². The number of aromatic nitrogens is 2. The highest BCUT2D eigenvalue weighted by molar-refractivity contribution is 5.92. The van der Waals surface area contributed by atoms with Gasteiger partial charge in [-0.15, -0.1) is 0 Å². The van der Waals surface area contributed by atoms with Crippen LogP contribution in [-0.4, -0.2) is 33.1 Å². The van der Waals surface area contributed by atoms with Gasteiger partial charge in [0, 0.05) is 32.9 Å². The predicted octanol–water partition coefficient (Wildman–Crippen LogP) is 1.86. The molecule has 1 aliphatic rings. The van der Waals surface area contributed by atoms with Crippen molar-refractivity contribution in [2.45, 2.75) is 25.8 Å². The van der Waals surface area contributed by atoms with Gasteiger partial charge in [-0.1, -0.05) is 12.1 Å². The van der Waals surface area contributed by atoms with Gasteiger partial charge in [0.05, 0.1) is 18.2 Å². The molecule has 2 aromatic rings. The van der Waals surface area contributed by atoms with Crippen LogP contribution in [0.5, 0.6) is 5.75 Å². The van der Waals surface area contributed by atoms with E-state index in [0.717, 1.165) is 28.7 Å². The van der Waals surface area contributed by atoms with Gasteiger partial charge < -0.3 is 14.2 Å². The molecule has 7 heteroatoms. The third-order valence-corrected chi connectivity index (χ3v) is 4.99. The van der Waals surface area contributed by atoms with Gasteiger partial charge in [-0.2, -0.15) is 0 Å². The van der Waals surface area contributed by atoms with Gasteiger partial charge in [-0.25, -0.2) is 4.79 Å². The Kier molecular flexibility index (Phi) is 5.82. The summed E-state index contributed by atoms with van der Waals surface area (Å²) >= 11 is 0. The standard InChI is InChI=1S/C21H25N3O4/c1-4-28-17-10-7-15(8-11-17)18-6-5-13-24(18)19(25)12-9-16-14-22(2)21(27)23(3)20(16)26/h7-12,14,18H,4-6,13H2,1-3H3/b12-9+. The van der Waals surface area contributed by atoms with E-state index < -0.39 is 11.2 Å². The number of ether oxygens (including phenoxy) is 1. The number of hydrogen-bond donors (Lipinski definition) is 0. The molecular formula is C21H25N3O4. The van der Waals surface area contributed by atoms with E-state index in [2.05, 4.69) is 0 Å². The van der Waals surface area contributed by atoms with Crippen LogP contribution in [0.2, 0.25) is 0 Å². The van der Waals surface area contributed by atoms with E-state index in [1.807, 2.05) is 36.1 Å². The zero-order valence-electron chi connectivity index (χ0n) is 16.4. The molecular weight excluding hydrogens is 358 g/mol. The molecule has 1 amide bonds. The average molecular weight is 383 g/mol. The van der Waals surface area contributed by atoms with Crippen molar-refractivity contribution in [2.75, 3.05) is 13.2 Å². The number of aryl methyl sites for hydroxylation is 1. The molecule has 1 saturated heterocycles. The fraction of sp³-hybridized carbons (Fsp3) is 0.381. The number of nitrogens with zero attached hydrogens (tertiary/aromatic N) is 3. The van der Waals surface area contributed by atoms with Crippen molar-refractivity contribution in [2.24, 2.45) is 14.1 Å². The third-order valence-electron chi connectivity index (χ3n) is 4.99. The summed E-state index contributed by atoms with van der Waals surface area (Å²) < 4.78 is 7.83. The Morgan fingerprint density at radius 2 is 1.93 bits per heavy atom. The Balaban J connectivity index is 1.79. The van der Waals surface area contributed by atoms with Gasteiger partial charge in [0.1, 0.15) is 5.75 Å². The zero-order valence-corrected chi connectivity index (χ0v) is 16.4. The Hall–Kier alpha value is -3.09. The lowest BCUT2D eigenvalue weighted by Crippen LogP contribution is -2.37. The zero-order chi connectivity index (χ0) is 20.3. The number of likely N-dealkylation sites (tertiary alicyclic amines) is 1. The van der Waals surface area contributed by atoms with Crippen molar-refractivity contribution in [3.05, 3.63) is 68.5 Å². The van der Waals surface area contributed by atoms with Crippen LogP contribution >= 0.6 is 0 Å². The molecule has 7 nitrogen and oxygen atoms in total. The maximum atomic E-state index is 12.8. The van der Waals surface area contributed by atoms with Crippen molar-refractivity contribution in [1.82, 2.24) is 14.0 Å². The first-order chi connectivity index (χ1) is 13.4. The molecule has 1 aliphatic heterocycles. The fourth-order valence-corrected chi connectivity index (χ4v) is 3.54. The lowest BCUT2D eigenvalue weighted by atomic mass is 10.0. The molecule has 28 heavy (non-hydrogen) atoms. The monoisotopic (exact) mass is 383 g/mol. The fourth-order valence-electron chi connectivity index (χ4n) is 3.54. The first kappa shape index (κ1) is 19.7. The predicted molar refractivity (Wildman–Crippen MR) is 107 cm³/mol. The van der Waals surface area contributed by atoms with Crippen LogP contribution in [0.25, 0.3) is 6.08 Å². The van der Waals surface area contributed by atoms with Crippen LogP contribution < -0.4 is 16.0 Å². The van der Waals surface area contributed by atoms with Crippen LogP contribution in [0.1, 0.15) is 36.9 Å². The molecule has 0 bridgehead atoms. The molecule has 1 aromatic heterocycles. The third kappa shape index (κ3) is 3.93. The van der Waals surface area contributed by atoms with E-state index in [0.29, 0.717) is 18.7 Å². The summed E-state index contributed by atoms with van der Waals surface area (Å²) in [6.45, 7) is 3.23. The number of rotatable bonds is 5. The number of amides is 1. The van der Waals surface area contributed by atoms with Crippen molar-refractivity contribution in [3.63, 3.8) is 0 Å². The molecule has 0 radical (unpaired) electrons. The van der Waals surface area contributed by atoms with E-state index in [4.69, 9.17) is 4.74 Å². The van der Waals surface area contributed by atoms with Gasteiger partial charge in [0.25, 0.3) is 5.56 Å². The van der Waals surface area contributed by atoms with Crippen LogP contribution in [0.4, 0.5) is 0 Å². The van der Waals surface area contributed by atoms with Crippen molar-refractivity contribution >= 4 is 12.0 Å². The molecule has 1 aromatic carbocycles. The minimum atomic E-state index is -0.420. The van der Waals surface area contributed by atoms with E-state index in [1.165, 1.54) is 30.0 Å². The molecule has 1 fully saturated rings. The lowest BCUT2D eigenvalue weighted by molar-refractivity contribution is -0.126. The number of carbonyl (C=O) groups is 1. The van der Waals surface area contributed by atoms with Gasteiger partial charge in [0.15, 0.2) is 0 Å². The SMILES string of the molecule is CCOc1ccc(C2CCCN2C(=O)/C=C/c2cn(C)c(=O)n(C)c2=O)cc1. The Labute approximate surface area is 163 Å². The molecule has 0 spiro atoms. The first-order valence-corrected chi connectivity index (χ1v) is 9.40. The Bertz CT molecular complexity index is 1000. The summed E-state index contributed by atoms with van der Waals surface area (Å²) in [5.41, 5.74) is 0.552. The minimum Gasteiger partial charge on any atom is -0.494 e. The maximum absolute atomic E-state index is 12.8.